The number of nitrogens with two attached hydrogens (primary N) is 1. The number of anilines is 2. The van der Waals surface area contributed by atoms with Gasteiger partial charge < -0.3 is 15.6 Å². The molecule has 0 fully saturated rings. The van der Waals surface area contributed by atoms with Gasteiger partial charge in [-0.25, -0.2) is 4.98 Å². The minimum Gasteiger partial charge on any atom is -0.396 e. The summed E-state index contributed by atoms with van der Waals surface area (Å²) in [5.74, 6) is 1.51. The topological polar surface area (TPSA) is 103 Å². The van der Waals surface area contributed by atoms with E-state index in [9.17, 15) is 0 Å². The van der Waals surface area contributed by atoms with Gasteiger partial charge in [-0.15, -0.1) is 0 Å². The molecule has 0 aliphatic rings. The van der Waals surface area contributed by atoms with Gasteiger partial charge in [0, 0.05) is 30.2 Å². The number of nitrogen functional groups attached to an aromatic ring is 1. The highest BCUT2D eigenvalue weighted by Gasteiger charge is 2.14. The van der Waals surface area contributed by atoms with Crippen LogP contribution in [0.15, 0.2) is 35.2 Å². The molecule has 3 rings (SSSR count). The van der Waals surface area contributed by atoms with Crippen molar-refractivity contribution in [3.63, 3.8) is 0 Å². The molecule has 3 aromatic rings. The van der Waals surface area contributed by atoms with Crippen molar-refractivity contribution in [3.05, 3.63) is 36.3 Å². The number of hydrogen-bond acceptors (Lipinski definition) is 7. The zero-order valence-electron chi connectivity index (χ0n) is 13.2. The van der Waals surface area contributed by atoms with E-state index in [4.69, 9.17) is 10.3 Å². The van der Waals surface area contributed by atoms with E-state index in [1.165, 1.54) is 0 Å². The quantitative estimate of drug-likeness (QED) is 0.763. The van der Waals surface area contributed by atoms with Gasteiger partial charge in [0.2, 0.25) is 5.82 Å². The maximum atomic E-state index is 6.02. The average Bonchev–Trinajstić information content (AvgIpc) is 2.99. The van der Waals surface area contributed by atoms with Crippen LogP contribution < -0.4 is 11.1 Å². The van der Waals surface area contributed by atoms with E-state index in [0.717, 1.165) is 11.1 Å². The first-order valence-corrected chi connectivity index (χ1v) is 7.31. The molecule has 0 atom stereocenters. The number of aromatic nitrogens is 4. The minimum absolute atomic E-state index is 0.249. The standard InChI is InChI=1S/C16H18N6O/c1-9(2)20-15-13(17)6-11(7-19-15)16-21-14(22-23-16)12-8-18-5-4-10(12)3/h4-9H,17H2,1-3H3,(H,19,20). The molecule has 7 nitrogen and oxygen atoms in total. The molecule has 0 saturated carbocycles. The van der Waals surface area contributed by atoms with Crippen molar-refractivity contribution in [1.82, 2.24) is 20.1 Å². The van der Waals surface area contributed by atoms with Gasteiger partial charge in [0.25, 0.3) is 5.89 Å². The molecular formula is C16H18N6O. The van der Waals surface area contributed by atoms with Crippen LogP contribution in [0.3, 0.4) is 0 Å². The van der Waals surface area contributed by atoms with E-state index in [-0.39, 0.29) is 6.04 Å². The van der Waals surface area contributed by atoms with E-state index in [1.54, 1.807) is 24.7 Å². The first kappa shape index (κ1) is 15.0. The van der Waals surface area contributed by atoms with Gasteiger partial charge in [0.05, 0.1) is 11.3 Å². The van der Waals surface area contributed by atoms with Crippen molar-refractivity contribution in [2.24, 2.45) is 0 Å². The SMILES string of the molecule is Cc1ccncc1-c1noc(-c2cnc(NC(C)C)c(N)c2)n1. The molecule has 0 saturated heterocycles. The predicted molar refractivity (Wildman–Crippen MR) is 88.7 cm³/mol. The van der Waals surface area contributed by atoms with E-state index in [2.05, 4.69) is 25.4 Å². The summed E-state index contributed by atoms with van der Waals surface area (Å²) in [7, 11) is 0. The Hall–Kier alpha value is -2.96. The third-order valence-corrected chi connectivity index (χ3v) is 3.30. The minimum atomic E-state index is 0.249. The third kappa shape index (κ3) is 3.13. The Morgan fingerprint density at radius 3 is 2.78 bits per heavy atom. The predicted octanol–water partition coefficient (Wildman–Crippen LogP) is 2.90. The average molecular weight is 310 g/mol. The number of rotatable bonds is 4. The van der Waals surface area contributed by atoms with Gasteiger partial charge in [-0.05, 0) is 38.5 Å². The van der Waals surface area contributed by atoms with Crippen LogP contribution in [-0.4, -0.2) is 26.2 Å². The zero-order valence-corrected chi connectivity index (χ0v) is 13.2. The Morgan fingerprint density at radius 1 is 1.26 bits per heavy atom. The van der Waals surface area contributed by atoms with Crippen molar-refractivity contribution in [1.29, 1.82) is 0 Å². The summed E-state index contributed by atoms with van der Waals surface area (Å²) in [6, 6.07) is 3.92. The number of nitrogens with zero attached hydrogens (tertiary/aromatic N) is 4. The summed E-state index contributed by atoms with van der Waals surface area (Å²) < 4.78 is 5.33. The number of nitrogens with one attached hydrogen (secondary N) is 1. The molecule has 0 spiro atoms. The molecule has 3 heterocycles. The number of pyridine rings is 2. The molecule has 0 bridgehead atoms. The lowest BCUT2D eigenvalue weighted by molar-refractivity contribution is 0.432. The maximum absolute atomic E-state index is 6.02. The maximum Gasteiger partial charge on any atom is 0.259 e. The molecular weight excluding hydrogens is 292 g/mol. The van der Waals surface area contributed by atoms with Crippen molar-refractivity contribution in [2.75, 3.05) is 11.1 Å². The second-order valence-corrected chi connectivity index (χ2v) is 5.57. The summed E-state index contributed by atoms with van der Waals surface area (Å²) in [5.41, 5.74) is 9.10. The highest BCUT2D eigenvalue weighted by molar-refractivity contribution is 5.69. The highest BCUT2D eigenvalue weighted by atomic mass is 16.5. The second-order valence-electron chi connectivity index (χ2n) is 5.57. The lowest BCUT2D eigenvalue weighted by atomic mass is 10.1. The molecule has 0 amide bonds. The second kappa shape index (κ2) is 6.04. The van der Waals surface area contributed by atoms with E-state index < -0.39 is 0 Å². The monoisotopic (exact) mass is 310 g/mol. The van der Waals surface area contributed by atoms with Gasteiger partial charge in [0.1, 0.15) is 5.82 Å². The van der Waals surface area contributed by atoms with Gasteiger partial charge in [-0.2, -0.15) is 4.98 Å². The molecule has 0 aliphatic carbocycles. The third-order valence-electron chi connectivity index (χ3n) is 3.30. The Bertz CT molecular complexity index is 827. The summed E-state index contributed by atoms with van der Waals surface area (Å²) in [5, 5.41) is 7.19. The molecule has 0 aromatic carbocycles. The zero-order chi connectivity index (χ0) is 16.4. The fraction of sp³-hybridized carbons (Fsp3) is 0.250. The lowest BCUT2D eigenvalue weighted by Gasteiger charge is -2.11. The Labute approximate surface area is 134 Å². The van der Waals surface area contributed by atoms with Crippen molar-refractivity contribution >= 4 is 11.5 Å². The molecule has 0 radical (unpaired) electrons. The summed E-state index contributed by atoms with van der Waals surface area (Å²) in [6.45, 7) is 6.02. The number of aryl methyl sites for hydroxylation is 1. The largest absolute Gasteiger partial charge is 0.396 e. The Morgan fingerprint density at radius 2 is 2.09 bits per heavy atom. The van der Waals surface area contributed by atoms with Crippen LogP contribution in [0.4, 0.5) is 11.5 Å². The summed E-state index contributed by atoms with van der Waals surface area (Å²) in [6.07, 6.45) is 5.10. The Kier molecular flexibility index (Phi) is 3.92. The van der Waals surface area contributed by atoms with Crippen LogP contribution in [0, 0.1) is 6.92 Å². The van der Waals surface area contributed by atoms with Gasteiger partial charge in [-0.1, -0.05) is 5.16 Å². The molecule has 23 heavy (non-hydrogen) atoms. The Balaban J connectivity index is 1.92. The van der Waals surface area contributed by atoms with Gasteiger partial charge in [-0.3, -0.25) is 4.98 Å². The van der Waals surface area contributed by atoms with Crippen LogP contribution in [0.2, 0.25) is 0 Å². The van der Waals surface area contributed by atoms with Gasteiger partial charge in [0.15, 0.2) is 0 Å². The van der Waals surface area contributed by atoms with E-state index in [0.29, 0.717) is 28.8 Å². The molecule has 0 aliphatic heterocycles. The first-order valence-electron chi connectivity index (χ1n) is 7.31. The van der Waals surface area contributed by atoms with Crippen molar-refractivity contribution in [2.45, 2.75) is 26.8 Å². The fourth-order valence-electron chi connectivity index (χ4n) is 2.14. The highest BCUT2D eigenvalue weighted by Crippen LogP contribution is 2.26. The molecule has 7 heteroatoms. The van der Waals surface area contributed by atoms with E-state index in [1.807, 2.05) is 26.8 Å². The molecule has 3 aromatic heterocycles. The summed E-state index contributed by atoms with van der Waals surface area (Å²) >= 11 is 0. The smallest absolute Gasteiger partial charge is 0.259 e. The normalized spacial score (nSPS) is 11.0. The van der Waals surface area contributed by atoms with Crippen LogP contribution in [-0.2, 0) is 0 Å². The molecule has 118 valence electrons. The summed E-state index contributed by atoms with van der Waals surface area (Å²) in [4.78, 5) is 12.8. The lowest BCUT2D eigenvalue weighted by Crippen LogP contribution is -2.12. The fourth-order valence-corrected chi connectivity index (χ4v) is 2.14. The van der Waals surface area contributed by atoms with Crippen LogP contribution in [0.25, 0.3) is 22.8 Å². The number of hydrogen-bond donors (Lipinski definition) is 2. The molecule has 0 unspecified atom stereocenters. The first-order chi connectivity index (χ1) is 11.0. The molecule has 3 N–H and O–H groups in total. The van der Waals surface area contributed by atoms with E-state index >= 15 is 0 Å². The van der Waals surface area contributed by atoms with Crippen LogP contribution in [0.1, 0.15) is 19.4 Å². The van der Waals surface area contributed by atoms with Crippen molar-refractivity contribution in [3.8, 4) is 22.8 Å². The van der Waals surface area contributed by atoms with Crippen LogP contribution >= 0.6 is 0 Å². The van der Waals surface area contributed by atoms with Crippen molar-refractivity contribution < 1.29 is 4.52 Å². The van der Waals surface area contributed by atoms with Crippen LogP contribution in [0.5, 0.6) is 0 Å². The van der Waals surface area contributed by atoms with Gasteiger partial charge >= 0.3 is 0 Å².